The van der Waals surface area contributed by atoms with Gasteiger partial charge in [0.25, 0.3) is 15.9 Å². The second-order valence-corrected chi connectivity index (χ2v) is 10.3. The molecule has 1 saturated heterocycles. The molecule has 32 heavy (non-hydrogen) atoms. The van der Waals surface area contributed by atoms with Crippen LogP contribution in [0.5, 0.6) is 0 Å². The number of carbonyl (C=O) groups excluding carboxylic acids is 1. The minimum atomic E-state index is -3.82. The first-order valence-electron chi connectivity index (χ1n) is 11.3. The molecule has 174 valence electrons. The van der Waals surface area contributed by atoms with Gasteiger partial charge in [-0.3, -0.25) is 9.69 Å². The van der Waals surface area contributed by atoms with Crippen molar-refractivity contribution >= 4 is 27.5 Å². The number of nitrogens with zero attached hydrogens (tertiary/aromatic N) is 3. The molecule has 1 amide bonds. The maximum absolute atomic E-state index is 12.9. The van der Waals surface area contributed by atoms with Crippen LogP contribution in [0.3, 0.4) is 0 Å². The molecule has 8 heteroatoms. The average Bonchev–Trinajstić information content (AvgIpc) is 2.98. The molecule has 0 aliphatic carbocycles. The lowest BCUT2D eigenvalue weighted by molar-refractivity contribution is 0.0926. The number of carbonyl (C=O) groups is 1. The van der Waals surface area contributed by atoms with Crippen molar-refractivity contribution in [3.8, 4) is 0 Å². The van der Waals surface area contributed by atoms with Gasteiger partial charge in [-0.1, -0.05) is 32.4 Å². The van der Waals surface area contributed by atoms with E-state index in [4.69, 9.17) is 0 Å². The number of benzene rings is 1. The molecular formula is C24H34N4O3S. The van der Waals surface area contributed by atoms with Gasteiger partial charge < -0.3 is 10.2 Å². The fourth-order valence-electron chi connectivity index (χ4n) is 4.38. The molecule has 2 aliphatic rings. The van der Waals surface area contributed by atoms with E-state index in [1.165, 1.54) is 6.07 Å². The zero-order valence-electron chi connectivity index (χ0n) is 19.1. The molecule has 0 saturated carbocycles. The monoisotopic (exact) mass is 458 g/mol. The smallest absolute Gasteiger partial charge is 0.286 e. The predicted molar refractivity (Wildman–Crippen MR) is 130 cm³/mol. The highest BCUT2D eigenvalue weighted by molar-refractivity contribution is 7.90. The Balaban J connectivity index is 1.81. The molecule has 1 N–H and O–H groups in total. The lowest BCUT2D eigenvalue weighted by Gasteiger charge is -2.33. The van der Waals surface area contributed by atoms with Crippen LogP contribution in [0.1, 0.15) is 49.9 Å². The summed E-state index contributed by atoms with van der Waals surface area (Å²) in [5, 5.41) is 2.98. The van der Waals surface area contributed by atoms with Crippen molar-refractivity contribution in [1.82, 2.24) is 10.2 Å². The van der Waals surface area contributed by atoms with Gasteiger partial charge in [0, 0.05) is 44.2 Å². The van der Waals surface area contributed by atoms with Gasteiger partial charge in [0.15, 0.2) is 0 Å². The average molecular weight is 459 g/mol. The summed E-state index contributed by atoms with van der Waals surface area (Å²) in [6.45, 7) is 14.4. The van der Waals surface area contributed by atoms with E-state index < -0.39 is 10.0 Å². The summed E-state index contributed by atoms with van der Waals surface area (Å²) in [5.74, 6) is 0.614. The summed E-state index contributed by atoms with van der Waals surface area (Å²) in [5.41, 5.74) is 0.943. The molecule has 0 bridgehead atoms. The number of rotatable bonds is 9. The topological polar surface area (TPSA) is 82.1 Å². The molecule has 1 fully saturated rings. The highest BCUT2D eigenvalue weighted by atomic mass is 32.2. The number of hydrogen-bond acceptors (Lipinski definition) is 5. The standard InChI is InChI=1S/C24H34N4O3S/c1-5-13-27(14-6-2)21(18(3)4)17-25-24(29)19-11-12-20-22(16-19)32(30,31)26-23-10-8-7-9-15-28(20)23/h5-6,11-12,16,18,21H,1-2,7-10,13-15,17H2,3-4H3,(H,25,29)/t21-/m1/s1. The number of amidine groups is 1. The summed E-state index contributed by atoms with van der Waals surface area (Å²) in [6.07, 6.45) is 7.32. The Morgan fingerprint density at radius 1 is 1.22 bits per heavy atom. The van der Waals surface area contributed by atoms with Crippen LogP contribution in [0, 0.1) is 5.92 Å². The fraction of sp³-hybridized carbons (Fsp3) is 0.500. The molecule has 0 aromatic heterocycles. The van der Waals surface area contributed by atoms with Crippen molar-refractivity contribution in [3.63, 3.8) is 0 Å². The third-order valence-corrected chi connectivity index (χ3v) is 7.38. The van der Waals surface area contributed by atoms with E-state index >= 15 is 0 Å². The van der Waals surface area contributed by atoms with Crippen molar-refractivity contribution in [2.24, 2.45) is 10.3 Å². The number of fused-ring (bicyclic) bond motifs is 3. The van der Waals surface area contributed by atoms with E-state index in [1.54, 1.807) is 12.1 Å². The molecule has 0 spiro atoms. The Bertz CT molecular complexity index is 990. The van der Waals surface area contributed by atoms with Crippen LogP contribution >= 0.6 is 0 Å². The van der Waals surface area contributed by atoms with Crippen LogP contribution in [0.2, 0.25) is 0 Å². The van der Waals surface area contributed by atoms with Gasteiger partial charge in [0.05, 0.1) is 5.69 Å². The second-order valence-electron chi connectivity index (χ2n) is 8.68. The van der Waals surface area contributed by atoms with Crippen molar-refractivity contribution < 1.29 is 13.2 Å². The van der Waals surface area contributed by atoms with E-state index in [0.29, 0.717) is 49.1 Å². The summed E-state index contributed by atoms with van der Waals surface area (Å²) < 4.78 is 29.7. The SMILES string of the molecule is C=CCN(CC=C)[C@H](CNC(=O)c1ccc2c(c1)S(=O)(=O)N=C1CCCCCN12)C(C)C. The Morgan fingerprint density at radius 2 is 1.94 bits per heavy atom. The van der Waals surface area contributed by atoms with E-state index in [0.717, 1.165) is 25.8 Å². The van der Waals surface area contributed by atoms with E-state index in [1.807, 2.05) is 17.1 Å². The lowest BCUT2D eigenvalue weighted by atomic mass is 10.0. The van der Waals surface area contributed by atoms with Crippen molar-refractivity contribution in [2.45, 2.75) is 50.5 Å². The Labute approximate surface area is 191 Å². The predicted octanol–water partition coefficient (Wildman–Crippen LogP) is 3.60. The number of amides is 1. The minimum absolute atomic E-state index is 0.0977. The van der Waals surface area contributed by atoms with Crippen LogP contribution < -0.4 is 10.2 Å². The summed E-state index contributed by atoms with van der Waals surface area (Å²) in [4.78, 5) is 17.2. The zero-order chi connectivity index (χ0) is 23.3. The summed E-state index contributed by atoms with van der Waals surface area (Å²) >= 11 is 0. The maximum atomic E-state index is 12.9. The molecule has 3 rings (SSSR count). The second kappa shape index (κ2) is 10.4. The largest absolute Gasteiger partial charge is 0.350 e. The fourth-order valence-corrected chi connectivity index (χ4v) is 5.67. The zero-order valence-corrected chi connectivity index (χ0v) is 19.9. The summed E-state index contributed by atoms with van der Waals surface area (Å²) in [6, 6.07) is 5.00. The van der Waals surface area contributed by atoms with Crippen molar-refractivity contribution in [1.29, 1.82) is 0 Å². The van der Waals surface area contributed by atoms with Gasteiger partial charge in [-0.05, 0) is 37.0 Å². The molecule has 2 aliphatic heterocycles. The lowest BCUT2D eigenvalue weighted by Crippen LogP contribution is -2.47. The number of sulfonamides is 1. The third-order valence-electron chi connectivity index (χ3n) is 6.05. The van der Waals surface area contributed by atoms with Crippen LogP contribution in [-0.4, -0.2) is 57.3 Å². The van der Waals surface area contributed by atoms with Gasteiger partial charge >= 0.3 is 0 Å². The third kappa shape index (κ3) is 5.30. The highest BCUT2D eigenvalue weighted by Gasteiger charge is 2.32. The molecule has 7 nitrogen and oxygen atoms in total. The molecule has 2 heterocycles. The molecular weight excluding hydrogens is 424 g/mol. The van der Waals surface area contributed by atoms with E-state index in [9.17, 15) is 13.2 Å². The van der Waals surface area contributed by atoms with Crippen LogP contribution in [0.25, 0.3) is 0 Å². The van der Waals surface area contributed by atoms with Crippen molar-refractivity contribution in [2.75, 3.05) is 31.1 Å². The van der Waals surface area contributed by atoms with E-state index in [2.05, 4.69) is 41.6 Å². The first-order valence-corrected chi connectivity index (χ1v) is 12.7. The van der Waals surface area contributed by atoms with Crippen molar-refractivity contribution in [3.05, 3.63) is 49.1 Å². The highest BCUT2D eigenvalue weighted by Crippen LogP contribution is 2.35. The van der Waals surface area contributed by atoms with Crippen LogP contribution in [-0.2, 0) is 10.0 Å². The number of hydrogen-bond donors (Lipinski definition) is 1. The van der Waals surface area contributed by atoms with Crippen LogP contribution in [0.4, 0.5) is 5.69 Å². The number of anilines is 1. The van der Waals surface area contributed by atoms with Gasteiger partial charge in [0.2, 0.25) is 0 Å². The van der Waals surface area contributed by atoms with Crippen LogP contribution in [0.15, 0.2) is 52.8 Å². The Kier molecular flexibility index (Phi) is 7.90. The molecule has 1 aromatic rings. The van der Waals surface area contributed by atoms with Gasteiger partial charge in [0.1, 0.15) is 10.7 Å². The first-order chi connectivity index (χ1) is 15.3. The normalized spacial score (nSPS) is 18.2. The molecule has 0 unspecified atom stereocenters. The van der Waals surface area contributed by atoms with Gasteiger partial charge in [-0.15, -0.1) is 17.6 Å². The Hall–Kier alpha value is -2.45. The van der Waals surface area contributed by atoms with E-state index in [-0.39, 0.29) is 16.8 Å². The minimum Gasteiger partial charge on any atom is -0.350 e. The van der Waals surface area contributed by atoms with Gasteiger partial charge in [-0.25, -0.2) is 0 Å². The molecule has 1 atom stereocenters. The summed E-state index contributed by atoms with van der Waals surface area (Å²) in [7, 11) is -3.82. The quantitative estimate of drug-likeness (QED) is 0.572. The maximum Gasteiger partial charge on any atom is 0.286 e. The number of nitrogens with one attached hydrogen (secondary N) is 1. The first kappa shape index (κ1) is 24.2. The molecule has 0 radical (unpaired) electrons. The molecule has 1 aromatic carbocycles. The van der Waals surface area contributed by atoms with Gasteiger partial charge in [-0.2, -0.15) is 8.42 Å². The Morgan fingerprint density at radius 3 is 2.59 bits per heavy atom.